The van der Waals surface area contributed by atoms with Crippen LogP contribution in [0, 0.1) is 0 Å². The van der Waals surface area contributed by atoms with E-state index in [9.17, 15) is 4.79 Å². The Hall–Kier alpha value is -2.14. The van der Waals surface area contributed by atoms with Crippen LogP contribution in [0.3, 0.4) is 0 Å². The first-order chi connectivity index (χ1) is 10.1. The number of pyridine rings is 1. The molecule has 1 aliphatic rings. The zero-order chi connectivity index (χ0) is 14.9. The Labute approximate surface area is 123 Å². The van der Waals surface area contributed by atoms with E-state index in [4.69, 9.17) is 9.47 Å². The van der Waals surface area contributed by atoms with Crippen LogP contribution in [0.5, 0.6) is 5.75 Å². The summed E-state index contributed by atoms with van der Waals surface area (Å²) >= 11 is 0. The highest BCUT2D eigenvalue weighted by atomic mass is 16.5. The molecule has 0 N–H and O–H groups in total. The molecule has 0 aliphatic carbocycles. The maximum absolute atomic E-state index is 12.3. The van der Waals surface area contributed by atoms with Crippen LogP contribution in [0.15, 0.2) is 36.5 Å². The molecule has 110 valence electrons. The number of hydrogen-bond donors (Lipinski definition) is 0. The second-order valence-corrected chi connectivity index (χ2v) is 5.73. The van der Waals surface area contributed by atoms with Gasteiger partial charge in [-0.3, -0.25) is 9.78 Å². The van der Waals surface area contributed by atoms with Crippen LogP contribution in [-0.2, 0) is 9.53 Å². The van der Waals surface area contributed by atoms with Gasteiger partial charge in [0.15, 0.2) is 6.61 Å². The van der Waals surface area contributed by atoms with Crippen LogP contribution >= 0.6 is 0 Å². The number of rotatable bonds is 3. The summed E-state index contributed by atoms with van der Waals surface area (Å²) in [5.41, 5.74) is 0.577. The lowest BCUT2D eigenvalue weighted by Gasteiger charge is -2.28. The van der Waals surface area contributed by atoms with Crippen molar-refractivity contribution in [1.82, 2.24) is 9.88 Å². The fourth-order valence-electron chi connectivity index (χ4n) is 2.46. The first-order valence-electron chi connectivity index (χ1n) is 6.93. The van der Waals surface area contributed by atoms with Gasteiger partial charge in [-0.1, -0.05) is 12.1 Å². The quantitative estimate of drug-likeness (QED) is 0.868. The first kappa shape index (κ1) is 13.8. The summed E-state index contributed by atoms with van der Waals surface area (Å²) in [5.74, 6) is 0.602. The Bertz CT molecular complexity index is 664. The molecule has 0 atom stereocenters. The minimum atomic E-state index is -0.277. The number of amides is 1. The Morgan fingerprint density at radius 1 is 1.38 bits per heavy atom. The molecule has 2 aromatic rings. The van der Waals surface area contributed by atoms with E-state index in [0.29, 0.717) is 19.1 Å². The Morgan fingerprint density at radius 3 is 2.95 bits per heavy atom. The fourth-order valence-corrected chi connectivity index (χ4v) is 2.46. The van der Waals surface area contributed by atoms with E-state index in [-0.39, 0.29) is 18.1 Å². The summed E-state index contributed by atoms with van der Waals surface area (Å²) in [6, 6.07) is 9.48. The molecule has 1 aromatic heterocycles. The average Bonchev–Trinajstić information content (AvgIpc) is 2.84. The van der Waals surface area contributed by atoms with Gasteiger partial charge in [0.2, 0.25) is 0 Å². The van der Waals surface area contributed by atoms with Gasteiger partial charge in [-0.2, -0.15) is 0 Å². The molecule has 1 amide bonds. The third-order valence-corrected chi connectivity index (χ3v) is 3.67. The van der Waals surface area contributed by atoms with E-state index in [0.717, 1.165) is 10.9 Å². The van der Waals surface area contributed by atoms with Gasteiger partial charge < -0.3 is 14.4 Å². The van der Waals surface area contributed by atoms with Crippen LogP contribution in [0.1, 0.15) is 13.8 Å². The van der Waals surface area contributed by atoms with Crippen molar-refractivity contribution in [2.24, 2.45) is 0 Å². The average molecular weight is 286 g/mol. The Balaban J connectivity index is 1.74. The highest BCUT2D eigenvalue weighted by Gasteiger charge is 2.36. The molecule has 0 saturated carbocycles. The van der Waals surface area contributed by atoms with Gasteiger partial charge in [0, 0.05) is 11.6 Å². The molecule has 5 heteroatoms. The number of fused-ring (bicyclic) bond motifs is 1. The van der Waals surface area contributed by atoms with Crippen LogP contribution in [0.25, 0.3) is 10.9 Å². The lowest BCUT2D eigenvalue weighted by atomic mass is 10.1. The minimum Gasteiger partial charge on any atom is -0.483 e. The lowest BCUT2D eigenvalue weighted by molar-refractivity contribution is -0.137. The predicted octanol–water partition coefficient (Wildman–Crippen LogP) is 2.21. The van der Waals surface area contributed by atoms with Crippen molar-refractivity contribution in [3.05, 3.63) is 36.5 Å². The van der Waals surface area contributed by atoms with E-state index in [1.807, 2.05) is 38.1 Å². The second-order valence-electron chi connectivity index (χ2n) is 5.73. The lowest BCUT2D eigenvalue weighted by Crippen LogP contribution is -2.46. The molecule has 1 aliphatic heterocycles. The molecule has 21 heavy (non-hydrogen) atoms. The van der Waals surface area contributed by atoms with E-state index in [1.54, 1.807) is 17.2 Å². The van der Waals surface area contributed by atoms with Crippen molar-refractivity contribution in [3.63, 3.8) is 0 Å². The van der Waals surface area contributed by atoms with Gasteiger partial charge in [0.05, 0.1) is 17.7 Å². The third-order valence-electron chi connectivity index (χ3n) is 3.67. The van der Waals surface area contributed by atoms with Crippen molar-refractivity contribution < 1.29 is 14.3 Å². The molecular formula is C16H18N2O3. The maximum Gasteiger partial charge on any atom is 0.262 e. The smallest absolute Gasteiger partial charge is 0.262 e. The fraction of sp³-hybridized carbons (Fsp3) is 0.375. The second kappa shape index (κ2) is 5.33. The summed E-state index contributed by atoms with van der Waals surface area (Å²) in [4.78, 5) is 18.3. The highest BCUT2D eigenvalue weighted by Crippen LogP contribution is 2.25. The van der Waals surface area contributed by atoms with E-state index in [2.05, 4.69) is 4.98 Å². The SMILES string of the molecule is CC1(C)COCN1C(=O)COc1ccnc2ccccc12. The normalized spacial score (nSPS) is 17.1. The number of aromatic nitrogens is 1. The molecule has 3 rings (SSSR count). The number of ether oxygens (including phenoxy) is 2. The predicted molar refractivity (Wildman–Crippen MR) is 79.0 cm³/mol. The third kappa shape index (κ3) is 2.69. The van der Waals surface area contributed by atoms with Gasteiger partial charge in [0.1, 0.15) is 12.5 Å². The zero-order valence-electron chi connectivity index (χ0n) is 12.2. The van der Waals surface area contributed by atoms with E-state index in [1.165, 1.54) is 0 Å². The van der Waals surface area contributed by atoms with Gasteiger partial charge in [-0.25, -0.2) is 0 Å². The van der Waals surface area contributed by atoms with Gasteiger partial charge in [0.25, 0.3) is 5.91 Å². The molecule has 1 aromatic carbocycles. The molecule has 0 spiro atoms. The first-order valence-corrected chi connectivity index (χ1v) is 6.93. The molecule has 0 unspecified atom stereocenters. The number of carbonyl (C=O) groups is 1. The molecule has 0 radical (unpaired) electrons. The highest BCUT2D eigenvalue weighted by molar-refractivity contribution is 5.85. The maximum atomic E-state index is 12.3. The Kier molecular flexibility index (Phi) is 3.51. The number of benzene rings is 1. The van der Waals surface area contributed by atoms with Crippen molar-refractivity contribution in [1.29, 1.82) is 0 Å². The molecule has 2 heterocycles. The molecule has 5 nitrogen and oxygen atoms in total. The molecule has 1 fully saturated rings. The van der Waals surface area contributed by atoms with Crippen molar-refractivity contribution in [2.45, 2.75) is 19.4 Å². The van der Waals surface area contributed by atoms with E-state index >= 15 is 0 Å². The van der Waals surface area contributed by atoms with E-state index < -0.39 is 0 Å². The number of nitrogens with zero attached hydrogens (tertiary/aromatic N) is 2. The summed E-state index contributed by atoms with van der Waals surface area (Å²) < 4.78 is 11.1. The van der Waals surface area contributed by atoms with Crippen LogP contribution in [0.4, 0.5) is 0 Å². The molecule has 1 saturated heterocycles. The van der Waals surface area contributed by atoms with Crippen molar-refractivity contribution in [3.8, 4) is 5.75 Å². The minimum absolute atomic E-state index is 0.000791. The standard InChI is InChI=1S/C16H18N2O3/c1-16(2)10-20-11-18(16)15(19)9-21-14-7-8-17-13-6-4-3-5-12(13)14/h3-8H,9-11H2,1-2H3. The largest absolute Gasteiger partial charge is 0.483 e. The van der Waals surface area contributed by atoms with Crippen LogP contribution < -0.4 is 4.74 Å². The number of para-hydroxylation sites is 1. The topological polar surface area (TPSA) is 51.7 Å². The van der Waals surface area contributed by atoms with Gasteiger partial charge in [-0.05, 0) is 32.0 Å². The van der Waals surface area contributed by atoms with Crippen molar-refractivity contribution >= 4 is 16.8 Å². The summed E-state index contributed by atoms with van der Waals surface area (Å²) in [7, 11) is 0. The van der Waals surface area contributed by atoms with Gasteiger partial charge >= 0.3 is 0 Å². The number of carbonyl (C=O) groups excluding carboxylic acids is 1. The monoisotopic (exact) mass is 286 g/mol. The van der Waals surface area contributed by atoms with Crippen LogP contribution in [-0.4, -0.2) is 41.3 Å². The van der Waals surface area contributed by atoms with Crippen molar-refractivity contribution in [2.75, 3.05) is 19.9 Å². The van der Waals surface area contributed by atoms with Gasteiger partial charge in [-0.15, -0.1) is 0 Å². The Morgan fingerprint density at radius 2 is 2.19 bits per heavy atom. The molecule has 0 bridgehead atoms. The summed E-state index contributed by atoms with van der Waals surface area (Å²) in [5, 5.41) is 0.907. The zero-order valence-corrected chi connectivity index (χ0v) is 12.2. The molecular weight excluding hydrogens is 268 g/mol. The number of hydrogen-bond acceptors (Lipinski definition) is 4. The van der Waals surface area contributed by atoms with Crippen LogP contribution in [0.2, 0.25) is 0 Å². The summed E-state index contributed by atoms with van der Waals surface area (Å²) in [6.07, 6.45) is 1.69. The summed E-state index contributed by atoms with van der Waals surface area (Å²) in [6.45, 7) is 4.85.